The molecule has 154 valence electrons. The van der Waals surface area contributed by atoms with Crippen molar-refractivity contribution in [3.05, 3.63) is 16.1 Å². The first-order valence-electron chi connectivity index (χ1n) is 9.18. The molecule has 2 aliphatic rings. The van der Waals surface area contributed by atoms with Gasteiger partial charge in [0.05, 0.1) is 5.01 Å². The van der Waals surface area contributed by atoms with E-state index in [1.165, 1.54) is 32.4 Å². The lowest BCUT2D eigenvalue weighted by atomic mass is 10.1. The highest BCUT2D eigenvalue weighted by Gasteiger charge is 2.33. The molecule has 3 rings (SSSR count). The van der Waals surface area contributed by atoms with Gasteiger partial charge in [-0.3, -0.25) is 9.89 Å². The molecule has 0 amide bonds. The van der Waals surface area contributed by atoms with E-state index in [0.717, 1.165) is 42.2 Å². The average Bonchev–Trinajstić information content (AvgIpc) is 3.29. The second-order valence-electron chi connectivity index (χ2n) is 6.83. The second kappa shape index (κ2) is 10.2. The summed E-state index contributed by atoms with van der Waals surface area (Å²) >= 11 is 1.06. The third kappa shape index (κ3) is 6.18. The van der Waals surface area contributed by atoms with Crippen molar-refractivity contribution in [2.75, 3.05) is 39.8 Å². The molecule has 0 saturated carbocycles. The van der Waals surface area contributed by atoms with Crippen LogP contribution in [0.2, 0.25) is 0 Å². The Balaban J connectivity index is 0.00000261. The number of thiazole rings is 1. The Hall–Kier alpha value is -0.620. The molecule has 5 nitrogen and oxygen atoms in total. The zero-order valence-corrected chi connectivity index (χ0v) is 18.6. The zero-order valence-electron chi connectivity index (χ0n) is 15.5. The highest BCUT2D eigenvalue weighted by atomic mass is 127. The van der Waals surface area contributed by atoms with Crippen LogP contribution in [0, 0.1) is 0 Å². The number of nitrogens with zero attached hydrogens (tertiary/aromatic N) is 4. The monoisotopic (exact) mass is 517 g/mol. The van der Waals surface area contributed by atoms with Crippen molar-refractivity contribution < 1.29 is 13.2 Å². The van der Waals surface area contributed by atoms with Crippen LogP contribution in [0.3, 0.4) is 0 Å². The van der Waals surface area contributed by atoms with E-state index in [0.29, 0.717) is 24.0 Å². The molecule has 2 aliphatic heterocycles. The van der Waals surface area contributed by atoms with E-state index in [9.17, 15) is 13.2 Å². The van der Waals surface area contributed by atoms with E-state index in [-0.39, 0.29) is 24.0 Å². The van der Waals surface area contributed by atoms with Crippen LogP contribution in [0.5, 0.6) is 0 Å². The first-order chi connectivity index (χ1) is 12.5. The molecule has 1 aromatic rings. The predicted molar refractivity (Wildman–Crippen MR) is 113 cm³/mol. The van der Waals surface area contributed by atoms with E-state index >= 15 is 0 Å². The molecule has 0 bridgehead atoms. The van der Waals surface area contributed by atoms with Gasteiger partial charge in [-0.15, -0.1) is 35.3 Å². The van der Waals surface area contributed by atoms with Gasteiger partial charge in [-0.25, -0.2) is 4.98 Å². The average molecular weight is 517 g/mol. The lowest BCUT2D eigenvalue weighted by Crippen LogP contribution is -2.44. The number of alkyl halides is 3. The minimum Gasteiger partial charge on any atom is -0.356 e. The summed E-state index contributed by atoms with van der Waals surface area (Å²) < 4.78 is 37.8. The number of aromatic nitrogens is 1. The van der Waals surface area contributed by atoms with Crippen molar-refractivity contribution in [3.8, 4) is 0 Å². The number of rotatable bonds is 4. The molecule has 1 aromatic heterocycles. The zero-order chi connectivity index (χ0) is 18.6. The van der Waals surface area contributed by atoms with Crippen LogP contribution in [-0.4, -0.2) is 66.6 Å². The molecule has 10 heteroatoms. The Bertz CT molecular complexity index is 616. The molecule has 1 unspecified atom stereocenters. The van der Waals surface area contributed by atoms with Gasteiger partial charge in [0.2, 0.25) is 0 Å². The van der Waals surface area contributed by atoms with Gasteiger partial charge in [0.15, 0.2) is 11.7 Å². The Morgan fingerprint density at radius 2 is 2.04 bits per heavy atom. The number of guanidine groups is 1. The van der Waals surface area contributed by atoms with Crippen LogP contribution >= 0.6 is 35.3 Å². The van der Waals surface area contributed by atoms with Crippen molar-refractivity contribution in [2.24, 2.45) is 4.99 Å². The Morgan fingerprint density at radius 3 is 2.67 bits per heavy atom. The smallest absolute Gasteiger partial charge is 0.356 e. The number of piperidine rings is 1. The first kappa shape index (κ1) is 22.7. The van der Waals surface area contributed by atoms with E-state index < -0.39 is 11.9 Å². The largest absolute Gasteiger partial charge is 0.434 e. The van der Waals surface area contributed by atoms with Gasteiger partial charge in [-0.1, -0.05) is 6.42 Å². The lowest BCUT2D eigenvalue weighted by molar-refractivity contribution is -0.140. The molecule has 3 heterocycles. The van der Waals surface area contributed by atoms with Crippen molar-refractivity contribution in [3.63, 3.8) is 0 Å². The minimum atomic E-state index is -4.36. The summed E-state index contributed by atoms with van der Waals surface area (Å²) in [5.74, 6) is 0.831. The summed E-state index contributed by atoms with van der Waals surface area (Å²) in [6.07, 6.45) is 1.15. The van der Waals surface area contributed by atoms with Gasteiger partial charge in [0.25, 0.3) is 0 Å². The van der Waals surface area contributed by atoms with Crippen LogP contribution in [-0.2, 0) is 12.6 Å². The van der Waals surface area contributed by atoms with Crippen LogP contribution < -0.4 is 5.32 Å². The SMILES string of the molecule is CN=C(NCCc1nc(C(F)(F)F)cs1)N1CCC(N2CCCCC2)C1.I. The molecule has 0 aromatic carbocycles. The van der Waals surface area contributed by atoms with Gasteiger partial charge in [0.1, 0.15) is 0 Å². The molecule has 1 N–H and O–H groups in total. The minimum absolute atomic E-state index is 0. The van der Waals surface area contributed by atoms with E-state index in [1.807, 2.05) is 0 Å². The fourth-order valence-corrected chi connectivity index (χ4v) is 4.49. The topological polar surface area (TPSA) is 43.8 Å². The van der Waals surface area contributed by atoms with Crippen LogP contribution in [0.4, 0.5) is 13.2 Å². The number of likely N-dealkylation sites (tertiary alicyclic amines) is 2. The Labute approximate surface area is 179 Å². The van der Waals surface area contributed by atoms with Gasteiger partial charge in [0, 0.05) is 44.5 Å². The normalized spacial score (nSPS) is 22.0. The van der Waals surface area contributed by atoms with Gasteiger partial charge in [-0.05, 0) is 32.4 Å². The van der Waals surface area contributed by atoms with Crippen molar-refractivity contribution in [1.29, 1.82) is 0 Å². The quantitative estimate of drug-likeness (QED) is 0.378. The predicted octanol–water partition coefficient (Wildman–Crippen LogP) is 3.46. The maximum Gasteiger partial charge on any atom is 0.434 e. The number of halogens is 4. The number of hydrogen-bond acceptors (Lipinski definition) is 4. The number of hydrogen-bond donors (Lipinski definition) is 1. The van der Waals surface area contributed by atoms with E-state index in [2.05, 4.69) is 25.1 Å². The van der Waals surface area contributed by atoms with Crippen molar-refractivity contribution >= 4 is 41.3 Å². The maximum atomic E-state index is 12.6. The molecular formula is C17H27F3IN5S. The van der Waals surface area contributed by atoms with Gasteiger partial charge < -0.3 is 10.2 Å². The summed E-state index contributed by atoms with van der Waals surface area (Å²) in [4.78, 5) is 12.9. The van der Waals surface area contributed by atoms with E-state index in [1.54, 1.807) is 7.05 Å². The number of aliphatic imine (C=N–C) groups is 1. The molecule has 2 saturated heterocycles. The Morgan fingerprint density at radius 1 is 1.30 bits per heavy atom. The lowest BCUT2D eigenvalue weighted by Gasteiger charge is -2.32. The molecule has 0 radical (unpaired) electrons. The second-order valence-corrected chi connectivity index (χ2v) is 7.78. The van der Waals surface area contributed by atoms with Crippen molar-refractivity contribution in [1.82, 2.24) is 20.1 Å². The Kier molecular flexibility index (Phi) is 8.60. The highest BCUT2D eigenvalue weighted by Crippen LogP contribution is 2.30. The maximum absolute atomic E-state index is 12.6. The van der Waals surface area contributed by atoms with Crippen LogP contribution in [0.1, 0.15) is 36.4 Å². The fourth-order valence-electron chi connectivity index (χ4n) is 3.69. The molecule has 27 heavy (non-hydrogen) atoms. The van der Waals surface area contributed by atoms with Gasteiger partial charge in [-0.2, -0.15) is 13.2 Å². The summed E-state index contributed by atoms with van der Waals surface area (Å²) in [7, 11) is 1.75. The number of nitrogens with one attached hydrogen (secondary N) is 1. The summed E-state index contributed by atoms with van der Waals surface area (Å²) in [6.45, 7) is 4.85. The van der Waals surface area contributed by atoms with Crippen LogP contribution in [0.15, 0.2) is 10.4 Å². The molecule has 1 atom stereocenters. The van der Waals surface area contributed by atoms with E-state index in [4.69, 9.17) is 0 Å². The standard InChI is InChI=1S/C17H26F3N5S.HI/c1-21-16(22-7-5-15-23-14(12-26-15)17(18,19)20)25-10-6-13(11-25)24-8-3-2-4-9-24;/h12-13H,2-11H2,1H3,(H,21,22);1H. The molecule has 0 aliphatic carbocycles. The van der Waals surface area contributed by atoms with Crippen molar-refractivity contribution in [2.45, 2.75) is 44.3 Å². The summed E-state index contributed by atoms with van der Waals surface area (Å²) in [5, 5.41) is 4.84. The third-order valence-electron chi connectivity index (χ3n) is 5.05. The highest BCUT2D eigenvalue weighted by molar-refractivity contribution is 14.0. The fraction of sp³-hybridized carbons (Fsp3) is 0.765. The first-order valence-corrected chi connectivity index (χ1v) is 10.1. The molecular weight excluding hydrogens is 490 g/mol. The summed E-state index contributed by atoms with van der Waals surface area (Å²) in [5.41, 5.74) is -0.800. The molecule has 2 fully saturated rings. The summed E-state index contributed by atoms with van der Waals surface area (Å²) in [6, 6.07) is 0.585. The van der Waals surface area contributed by atoms with Gasteiger partial charge >= 0.3 is 6.18 Å². The molecule has 0 spiro atoms. The van der Waals surface area contributed by atoms with Crippen LogP contribution in [0.25, 0.3) is 0 Å². The third-order valence-corrected chi connectivity index (χ3v) is 5.95.